The van der Waals surface area contributed by atoms with Gasteiger partial charge in [0.15, 0.2) is 0 Å². The minimum absolute atomic E-state index is 0.0508. The lowest BCUT2D eigenvalue weighted by Gasteiger charge is -2.24. The molecule has 0 amide bonds. The van der Waals surface area contributed by atoms with E-state index < -0.39 is 6.10 Å². The monoisotopic (exact) mass is 455 g/mol. The van der Waals surface area contributed by atoms with E-state index in [1.807, 2.05) is 42.2 Å². The fraction of sp³-hybridized carbons (Fsp3) is 0.458. The highest BCUT2D eigenvalue weighted by Crippen LogP contribution is 2.34. The topological polar surface area (TPSA) is 95.5 Å². The van der Waals surface area contributed by atoms with Crippen molar-refractivity contribution in [3.05, 3.63) is 62.5 Å². The Labute approximate surface area is 191 Å². The van der Waals surface area contributed by atoms with Crippen molar-refractivity contribution in [3.8, 4) is 0 Å². The Morgan fingerprint density at radius 3 is 2.88 bits per heavy atom. The van der Waals surface area contributed by atoms with Gasteiger partial charge in [-0.3, -0.25) is 14.5 Å². The number of esters is 1. The fourth-order valence-corrected chi connectivity index (χ4v) is 5.46. The molecule has 7 nitrogen and oxygen atoms in total. The van der Waals surface area contributed by atoms with Gasteiger partial charge >= 0.3 is 5.97 Å². The van der Waals surface area contributed by atoms with E-state index in [4.69, 9.17) is 9.72 Å². The van der Waals surface area contributed by atoms with E-state index in [0.717, 1.165) is 40.6 Å². The Hall–Kier alpha value is -2.55. The number of nitrogens with zero attached hydrogens (tertiary/aromatic N) is 2. The molecule has 0 bridgehead atoms. The molecule has 3 aromatic rings. The summed E-state index contributed by atoms with van der Waals surface area (Å²) in [5.41, 5.74) is 2.16. The molecule has 0 spiro atoms. The number of hydrogen-bond donors (Lipinski definition) is 2. The molecule has 0 unspecified atom stereocenters. The molecule has 0 saturated carbocycles. The number of rotatable bonds is 10. The quantitative estimate of drug-likeness (QED) is 0.456. The zero-order chi connectivity index (χ0) is 22.5. The molecule has 2 aromatic heterocycles. The van der Waals surface area contributed by atoms with Gasteiger partial charge in [0.25, 0.3) is 5.56 Å². The van der Waals surface area contributed by atoms with Gasteiger partial charge < -0.3 is 14.8 Å². The molecule has 32 heavy (non-hydrogen) atoms. The number of H-pyrrole nitrogens is 1. The number of carbonyl (C=O) groups excluding carboxylic acids is 1. The van der Waals surface area contributed by atoms with Crippen LogP contribution in [0.4, 0.5) is 0 Å². The lowest BCUT2D eigenvalue weighted by molar-refractivity contribution is -0.147. The van der Waals surface area contributed by atoms with Gasteiger partial charge in [-0.15, -0.1) is 11.3 Å². The van der Waals surface area contributed by atoms with Crippen LogP contribution in [0.1, 0.15) is 48.0 Å². The van der Waals surface area contributed by atoms with Crippen LogP contribution >= 0.6 is 11.3 Å². The largest absolute Gasteiger partial charge is 0.463 e. The predicted molar refractivity (Wildman–Crippen MR) is 125 cm³/mol. The van der Waals surface area contributed by atoms with Crippen molar-refractivity contribution >= 4 is 27.5 Å². The first-order valence-corrected chi connectivity index (χ1v) is 12.0. The SMILES string of the molecule is CCCC(=O)OC[C@@H](O)CN(Cc1ccccc1)Cc1nc2sc3c(c2c(=O)[nH]1)CCC3. The van der Waals surface area contributed by atoms with Crippen molar-refractivity contribution in [2.75, 3.05) is 13.2 Å². The van der Waals surface area contributed by atoms with Crippen molar-refractivity contribution in [2.45, 2.75) is 58.2 Å². The van der Waals surface area contributed by atoms with Crippen LogP contribution in [0.15, 0.2) is 35.1 Å². The maximum absolute atomic E-state index is 12.8. The molecular weight excluding hydrogens is 426 g/mol. The van der Waals surface area contributed by atoms with E-state index in [9.17, 15) is 14.7 Å². The lowest BCUT2D eigenvalue weighted by atomic mass is 10.2. The van der Waals surface area contributed by atoms with E-state index in [1.54, 1.807) is 11.3 Å². The summed E-state index contributed by atoms with van der Waals surface area (Å²) >= 11 is 1.62. The standard InChI is InChI=1S/C24H29N3O4S/c1-2-7-21(29)31-15-17(28)13-27(12-16-8-4-3-5-9-16)14-20-25-23(30)22-18-10-6-11-19(18)32-24(22)26-20/h3-5,8-9,17,28H,2,6-7,10-15H2,1H3,(H,25,26,30)/t17-/m0/s1. The number of thiophene rings is 1. The van der Waals surface area contributed by atoms with Crippen molar-refractivity contribution in [2.24, 2.45) is 0 Å². The summed E-state index contributed by atoms with van der Waals surface area (Å²) in [5.74, 6) is 0.275. The van der Waals surface area contributed by atoms with Crippen LogP contribution in [0.5, 0.6) is 0 Å². The summed E-state index contributed by atoms with van der Waals surface area (Å²) in [5, 5.41) is 11.2. The highest BCUT2D eigenvalue weighted by atomic mass is 32.1. The van der Waals surface area contributed by atoms with Gasteiger partial charge in [0, 0.05) is 24.4 Å². The Morgan fingerprint density at radius 2 is 2.09 bits per heavy atom. The van der Waals surface area contributed by atoms with Crippen LogP contribution in [0, 0.1) is 0 Å². The molecule has 1 atom stereocenters. The number of aromatic nitrogens is 2. The van der Waals surface area contributed by atoms with Crippen LogP contribution in [0.2, 0.25) is 0 Å². The third-order valence-corrected chi connectivity index (χ3v) is 6.79. The molecule has 1 aliphatic rings. The second kappa shape index (κ2) is 10.4. The molecule has 2 N–H and O–H groups in total. The number of carbonyl (C=O) groups is 1. The van der Waals surface area contributed by atoms with Gasteiger partial charge in [-0.25, -0.2) is 4.98 Å². The summed E-state index contributed by atoms with van der Waals surface area (Å²) < 4.78 is 5.17. The number of aliphatic hydroxyl groups excluding tert-OH is 1. The smallest absolute Gasteiger partial charge is 0.305 e. The summed E-state index contributed by atoms with van der Waals surface area (Å²) in [7, 11) is 0. The van der Waals surface area contributed by atoms with Gasteiger partial charge in [0.2, 0.25) is 0 Å². The first-order chi connectivity index (χ1) is 15.5. The average molecular weight is 456 g/mol. The maximum atomic E-state index is 12.8. The highest BCUT2D eigenvalue weighted by molar-refractivity contribution is 7.18. The van der Waals surface area contributed by atoms with E-state index in [-0.39, 0.29) is 24.7 Å². The lowest BCUT2D eigenvalue weighted by Crippen LogP contribution is -2.35. The summed E-state index contributed by atoms with van der Waals surface area (Å²) in [6, 6.07) is 9.93. The van der Waals surface area contributed by atoms with Gasteiger partial charge in [-0.1, -0.05) is 37.3 Å². The number of aromatic amines is 1. The highest BCUT2D eigenvalue weighted by Gasteiger charge is 2.22. The van der Waals surface area contributed by atoms with E-state index in [2.05, 4.69) is 4.98 Å². The number of aliphatic hydroxyl groups is 1. The molecule has 0 radical (unpaired) electrons. The number of benzene rings is 1. The molecule has 170 valence electrons. The zero-order valence-corrected chi connectivity index (χ0v) is 19.1. The molecule has 4 rings (SSSR count). The van der Waals surface area contributed by atoms with E-state index >= 15 is 0 Å². The first kappa shape index (κ1) is 22.6. The van der Waals surface area contributed by atoms with Crippen LogP contribution in [-0.2, 0) is 35.5 Å². The van der Waals surface area contributed by atoms with Crippen molar-refractivity contribution < 1.29 is 14.6 Å². The number of nitrogens with one attached hydrogen (secondary N) is 1. The first-order valence-electron chi connectivity index (χ1n) is 11.2. The molecular formula is C24H29N3O4S. The average Bonchev–Trinajstić information content (AvgIpc) is 3.34. The Balaban J connectivity index is 1.50. The zero-order valence-electron chi connectivity index (χ0n) is 18.3. The van der Waals surface area contributed by atoms with E-state index in [1.165, 1.54) is 4.88 Å². The number of aryl methyl sites for hydroxylation is 2. The Bertz CT molecular complexity index is 1130. The van der Waals surface area contributed by atoms with E-state index in [0.29, 0.717) is 31.8 Å². The predicted octanol–water partition coefficient (Wildman–Crippen LogP) is 3.18. The maximum Gasteiger partial charge on any atom is 0.305 e. The molecule has 0 saturated heterocycles. The second-order valence-electron chi connectivity index (χ2n) is 8.29. The summed E-state index contributed by atoms with van der Waals surface area (Å²) in [6.07, 6.45) is 3.29. The van der Waals surface area contributed by atoms with Gasteiger partial charge in [0.1, 0.15) is 23.4 Å². The second-order valence-corrected chi connectivity index (χ2v) is 9.38. The van der Waals surface area contributed by atoms with Crippen LogP contribution < -0.4 is 5.56 Å². The summed E-state index contributed by atoms with van der Waals surface area (Å²) in [6.45, 7) is 3.10. The number of fused-ring (bicyclic) bond motifs is 3. The normalized spacial score (nSPS) is 14.1. The van der Waals surface area contributed by atoms with Gasteiger partial charge in [0.05, 0.1) is 11.9 Å². The molecule has 1 aromatic carbocycles. The molecule has 0 aliphatic heterocycles. The minimum Gasteiger partial charge on any atom is -0.463 e. The van der Waals surface area contributed by atoms with Crippen molar-refractivity contribution in [1.29, 1.82) is 0 Å². The minimum atomic E-state index is -0.833. The third-order valence-electron chi connectivity index (χ3n) is 5.61. The molecule has 2 heterocycles. The molecule has 0 fully saturated rings. The van der Waals surface area contributed by atoms with Gasteiger partial charge in [-0.2, -0.15) is 0 Å². The van der Waals surface area contributed by atoms with Gasteiger partial charge in [-0.05, 0) is 36.8 Å². The third kappa shape index (κ3) is 5.43. The van der Waals surface area contributed by atoms with Crippen molar-refractivity contribution in [3.63, 3.8) is 0 Å². The number of ether oxygens (including phenoxy) is 1. The van der Waals surface area contributed by atoms with Crippen molar-refractivity contribution in [1.82, 2.24) is 14.9 Å². The fourth-order valence-electron chi connectivity index (χ4n) is 4.18. The Kier molecular flexibility index (Phi) is 7.34. The number of hydrogen-bond acceptors (Lipinski definition) is 7. The molecule has 8 heteroatoms. The van der Waals surface area contributed by atoms with Crippen LogP contribution in [-0.4, -0.2) is 45.2 Å². The summed E-state index contributed by atoms with van der Waals surface area (Å²) in [4.78, 5) is 36.2. The van der Waals surface area contributed by atoms with Crippen LogP contribution in [0.25, 0.3) is 10.2 Å². The Morgan fingerprint density at radius 1 is 1.28 bits per heavy atom. The molecule has 1 aliphatic carbocycles. The van der Waals surface area contributed by atoms with Crippen LogP contribution in [0.3, 0.4) is 0 Å².